The Kier molecular flexibility index (Phi) is 3.21. The highest BCUT2D eigenvalue weighted by Crippen LogP contribution is 2.27. The van der Waals surface area contributed by atoms with Crippen molar-refractivity contribution in [3.63, 3.8) is 0 Å². The lowest BCUT2D eigenvalue weighted by Gasteiger charge is -2.37. The molecule has 0 aliphatic carbocycles. The molecule has 0 unspecified atom stereocenters. The number of ether oxygens (including phenoxy) is 1. The van der Waals surface area contributed by atoms with Crippen LogP contribution >= 0.6 is 23.2 Å². The van der Waals surface area contributed by atoms with Gasteiger partial charge in [-0.2, -0.15) is 0 Å². The molecule has 1 amide bonds. The summed E-state index contributed by atoms with van der Waals surface area (Å²) in [5, 5.41) is -0.277. The van der Waals surface area contributed by atoms with Crippen LogP contribution in [-0.2, 0) is 0 Å². The van der Waals surface area contributed by atoms with Crippen LogP contribution in [0.15, 0.2) is 18.2 Å². The van der Waals surface area contributed by atoms with E-state index in [0.29, 0.717) is 18.8 Å². The number of likely N-dealkylation sites (tertiary alicyclic amines) is 1. The largest absolute Gasteiger partial charge is 0.485 e. The lowest BCUT2D eigenvalue weighted by Crippen LogP contribution is -2.54. The maximum atomic E-state index is 12.7. The number of nitrogens with zero attached hydrogens (tertiary/aromatic N) is 1. The van der Waals surface area contributed by atoms with E-state index in [9.17, 15) is 9.18 Å². The summed E-state index contributed by atoms with van der Waals surface area (Å²) in [5.74, 6) is -0.00161. The van der Waals surface area contributed by atoms with Crippen LogP contribution in [0.4, 0.5) is 9.18 Å². The van der Waals surface area contributed by atoms with Crippen LogP contribution in [0.1, 0.15) is 0 Å². The van der Waals surface area contributed by atoms with Crippen LogP contribution in [0.25, 0.3) is 0 Å². The smallest absolute Gasteiger partial charge is 0.316 e. The molecule has 0 spiro atoms. The Bertz CT molecular complexity index is 421. The van der Waals surface area contributed by atoms with Gasteiger partial charge in [0.2, 0.25) is 0 Å². The Balaban J connectivity index is 1.94. The minimum atomic E-state index is -0.495. The summed E-state index contributed by atoms with van der Waals surface area (Å²) in [6.45, 7) is 0.853. The SMILES string of the molecule is O=C(Cl)N1CC(Oc2ccc(F)cc2Cl)C1. The van der Waals surface area contributed by atoms with E-state index >= 15 is 0 Å². The van der Waals surface area contributed by atoms with E-state index in [1.54, 1.807) is 0 Å². The number of amides is 1. The fourth-order valence-electron chi connectivity index (χ4n) is 1.41. The standard InChI is InChI=1S/C10H8Cl2FNO2/c11-8-3-6(13)1-2-9(8)16-7-4-14(5-7)10(12)15/h1-3,7H,4-5H2. The van der Waals surface area contributed by atoms with Crippen molar-refractivity contribution < 1.29 is 13.9 Å². The zero-order valence-electron chi connectivity index (χ0n) is 8.12. The molecule has 16 heavy (non-hydrogen) atoms. The number of rotatable bonds is 2. The van der Waals surface area contributed by atoms with Crippen LogP contribution in [0.2, 0.25) is 5.02 Å². The van der Waals surface area contributed by atoms with Crippen molar-refractivity contribution in [3.05, 3.63) is 29.0 Å². The molecule has 0 N–H and O–H groups in total. The zero-order valence-corrected chi connectivity index (χ0v) is 9.63. The van der Waals surface area contributed by atoms with Crippen LogP contribution in [0, 0.1) is 5.82 Å². The summed E-state index contributed by atoms with van der Waals surface area (Å²) in [5.41, 5.74) is 0. The van der Waals surface area contributed by atoms with Gasteiger partial charge in [0, 0.05) is 0 Å². The third-order valence-corrected chi connectivity index (χ3v) is 2.82. The highest BCUT2D eigenvalue weighted by Gasteiger charge is 2.31. The maximum absolute atomic E-state index is 12.7. The number of halogens is 3. The van der Waals surface area contributed by atoms with Gasteiger partial charge >= 0.3 is 5.37 Å². The molecule has 0 aromatic heterocycles. The third kappa shape index (κ3) is 2.39. The number of hydrogen-bond acceptors (Lipinski definition) is 2. The van der Waals surface area contributed by atoms with E-state index in [1.807, 2.05) is 0 Å². The van der Waals surface area contributed by atoms with Crippen molar-refractivity contribution in [1.29, 1.82) is 0 Å². The molecule has 3 nitrogen and oxygen atoms in total. The van der Waals surface area contributed by atoms with Gasteiger partial charge in [0.25, 0.3) is 0 Å². The molecular formula is C10H8Cl2FNO2. The topological polar surface area (TPSA) is 29.5 Å². The predicted molar refractivity (Wildman–Crippen MR) is 58.6 cm³/mol. The van der Waals surface area contributed by atoms with Crippen LogP contribution < -0.4 is 4.74 Å². The summed E-state index contributed by atoms with van der Waals surface area (Å²) in [4.78, 5) is 12.1. The molecular weight excluding hydrogens is 256 g/mol. The Labute approximate surface area is 102 Å². The fourth-order valence-corrected chi connectivity index (χ4v) is 1.76. The molecule has 6 heteroatoms. The molecule has 1 fully saturated rings. The van der Waals surface area contributed by atoms with Crippen LogP contribution in [-0.4, -0.2) is 29.5 Å². The molecule has 0 radical (unpaired) electrons. The molecule has 0 saturated carbocycles. The molecule has 86 valence electrons. The summed E-state index contributed by atoms with van der Waals surface area (Å²) in [6.07, 6.45) is -0.134. The first-order valence-electron chi connectivity index (χ1n) is 4.62. The van der Waals surface area contributed by atoms with Crippen molar-refractivity contribution >= 4 is 28.6 Å². The van der Waals surface area contributed by atoms with Gasteiger partial charge in [0.15, 0.2) is 0 Å². The van der Waals surface area contributed by atoms with E-state index < -0.39 is 11.2 Å². The number of carbonyl (C=O) groups excluding carboxylic acids is 1. The number of benzene rings is 1. The summed E-state index contributed by atoms with van der Waals surface area (Å²) < 4.78 is 18.2. The van der Waals surface area contributed by atoms with Crippen molar-refractivity contribution in [3.8, 4) is 5.75 Å². The van der Waals surface area contributed by atoms with E-state index in [2.05, 4.69) is 0 Å². The fraction of sp³-hybridized carbons (Fsp3) is 0.300. The quantitative estimate of drug-likeness (QED) is 0.607. The first-order valence-corrected chi connectivity index (χ1v) is 5.38. The Morgan fingerprint density at radius 3 is 2.75 bits per heavy atom. The minimum Gasteiger partial charge on any atom is -0.485 e. The van der Waals surface area contributed by atoms with Gasteiger partial charge in [-0.25, -0.2) is 4.39 Å². The van der Waals surface area contributed by atoms with E-state index in [4.69, 9.17) is 27.9 Å². The average Bonchev–Trinajstić information content (AvgIpc) is 2.12. The molecule has 2 rings (SSSR count). The molecule has 1 aromatic carbocycles. The molecule has 1 aliphatic rings. The van der Waals surface area contributed by atoms with Gasteiger partial charge in [0.05, 0.1) is 18.1 Å². The minimum absolute atomic E-state index is 0.134. The van der Waals surface area contributed by atoms with E-state index in [1.165, 1.54) is 23.1 Å². The van der Waals surface area contributed by atoms with Crippen molar-refractivity contribution in [2.45, 2.75) is 6.10 Å². The van der Waals surface area contributed by atoms with Crippen LogP contribution in [0.3, 0.4) is 0 Å². The molecule has 0 atom stereocenters. The third-order valence-electron chi connectivity index (χ3n) is 2.28. The Hall–Kier alpha value is -1.00. The van der Waals surface area contributed by atoms with E-state index in [-0.39, 0.29) is 11.1 Å². The van der Waals surface area contributed by atoms with Gasteiger partial charge in [-0.1, -0.05) is 11.6 Å². The molecule has 1 aromatic rings. The molecule has 0 bridgehead atoms. The van der Waals surface area contributed by atoms with Crippen molar-refractivity contribution in [2.24, 2.45) is 0 Å². The van der Waals surface area contributed by atoms with Gasteiger partial charge in [0.1, 0.15) is 17.7 Å². The molecule has 1 saturated heterocycles. The van der Waals surface area contributed by atoms with Crippen LogP contribution in [0.5, 0.6) is 5.75 Å². The highest BCUT2D eigenvalue weighted by molar-refractivity contribution is 6.62. The monoisotopic (exact) mass is 263 g/mol. The summed E-state index contributed by atoms with van der Waals surface area (Å²) >= 11 is 11.0. The Morgan fingerprint density at radius 1 is 1.50 bits per heavy atom. The van der Waals surface area contributed by atoms with Crippen molar-refractivity contribution in [2.75, 3.05) is 13.1 Å². The second-order valence-corrected chi connectivity index (χ2v) is 4.20. The second-order valence-electron chi connectivity index (χ2n) is 3.47. The lowest BCUT2D eigenvalue weighted by molar-refractivity contribution is 0.0531. The average molecular weight is 264 g/mol. The Morgan fingerprint density at radius 2 is 2.19 bits per heavy atom. The first-order chi connectivity index (χ1) is 7.56. The normalized spacial score (nSPS) is 15.8. The summed E-state index contributed by atoms with van der Waals surface area (Å²) in [6, 6.07) is 3.91. The summed E-state index contributed by atoms with van der Waals surface area (Å²) in [7, 11) is 0. The second kappa shape index (κ2) is 4.47. The van der Waals surface area contributed by atoms with Gasteiger partial charge in [-0.15, -0.1) is 0 Å². The zero-order chi connectivity index (χ0) is 11.7. The highest BCUT2D eigenvalue weighted by atomic mass is 35.5. The number of hydrogen-bond donors (Lipinski definition) is 0. The molecule has 1 aliphatic heterocycles. The molecule has 1 heterocycles. The first kappa shape index (κ1) is 11.5. The maximum Gasteiger partial charge on any atom is 0.316 e. The predicted octanol–water partition coefficient (Wildman–Crippen LogP) is 2.90. The van der Waals surface area contributed by atoms with Gasteiger partial charge in [-0.3, -0.25) is 4.79 Å². The van der Waals surface area contributed by atoms with Gasteiger partial charge in [-0.05, 0) is 29.8 Å². The van der Waals surface area contributed by atoms with E-state index in [0.717, 1.165) is 0 Å². The van der Waals surface area contributed by atoms with Crippen molar-refractivity contribution in [1.82, 2.24) is 4.90 Å². The lowest BCUT2D eigenvalue weighted by atomic mass is 10.2. The van der Waals surface area contributed by atoms with Gasteiger partial charge < -0.3 is 9.64 Å². The number of carbonyl (C=O) groups is 1.